The van der Waals surface area contributed by atoms with Crippen molar-refractivity contribution < 1.29 is 43.2 Å². The molecule has 2 aromatic carbocycles. The Morgan fingerprint density at radius 2 is 1.56 bits per heavy atom. The molecular weight excluding hydrogens is 772 g/mol. The van der Waals surface area contributed by atoms with Crippen LogP contribution in [0.4, 0.5) is 13.2 Å². The second-order valence-corrected chi connectivity index (χ2v) is 13.1. The van der Waals surface area contributed by atoms with E-state index in [9.17, 15) is 23.1 Å². The van der Waals surface area contributed by atoms with Crippen LogP contribution in [0.15, 0.2) is 72.6 Å². The average molecular weight is 815 g/mol. The molecule has 0 saturated heterocycles. The molecule has 0 saturated carbocycles. The van der Waals surface area contributed by atoms with Gasteiger partial charge < -0.3 is 5.11 Å². The van der Waals surface area contributed by atoms with Gasteiger partial charge >= 0.3 is 6.18 Å². The number of hydrogen-bond donors (Lipinski definition) is 1. The summed E-state index contributed by atoms with van der Waals surface area (Å²) >= 11 is 0.744. The van der Waals surface area contributed by atoms with Gasteiger partial charge in [-0.2, -0.15) is 13.2 Å². The predicted octanol–water partition coefficient (Wildman–Crippen LogP) is 11.6. The smallest absolute Gasteiger partial charge is 0.425 e. The molecule has 0 aliphatic carbocycles. The number of benzene rings is 2. The zero-order chi connectivity index (χ0) is 32.7. The number of allylic oxidation sites excluding steroid dienone is 2. The van der Waals surface area contributed by atoms with Crippen LogP contribution in [0.1, 0.15) is 84.6 Å². The summed E-state index contributed by atoms with van der Waals surface area (Å²) in [5.74, 6) is 0.547. The summed E-state index contributed by atoms with van der Waals surface area (Å²) in [6.45, 7) is 14.5. The van der Waals surface area contributed by atoms with Gasteiger partial charge in [0.2, 0.25) is 0 Å². The van der Waals surface area contributed by atoms with E-state index in [0.717, 1.165) is 65.0 Å². The number of ketones is 1. The number of carbonyl (C=O) groups is 1. The van der Waals surface area contributed by atoms with E-state index in [-0.39, 0.29) is 48.9 Å². The minimum absolute atomic E-state index is 0. The third-order valence-electron chi connectivity index (χ3n) is 7.87. The van der Waals surface area contributed by atoms with E-state index in [2.05, 4.69) is 44.0 Å². The zero-order valence-corrected chi connectivity index (χ0v) is 30.2. The number of hydrogen-bond acceptors (Lipinski definition) is 4. The molecule has 2 heterocycles. The van der Waals surface area contributed by atoms with Gasteiger partial charge in [-0.1, -0.05) is 83.7 Å². The van der Waals surface area contributed by atoms with Crippen LogP contribution in [0.5, 0.6) is 0 Å². The fraction of sp³-hybridized carbons (Fsp3) is 0.405. The number of nitrogens with zero attached hydrogens (tertiary/aromatic N) is 1. The largest absolute Gasteiger partial charge is 0.512 e. The average Bonchev–Trinajstić information content (AvgIpc) is 3.49. The van der Waals surface area contributed by atoms with Crippen molar-refractivity contribution in [2.45, 2.75) is 85.7 Å². The van der Waals surface area contributed by atoms with E-state index in [1.54, 1.807) is 12.3 Å². The molecule has 2 aromatic heterocycles. The molecule has 0 unspecified atom stereocenters. The fourth-order valence-electron chi connectivity index (χ4n) is 5.14. The summed E-state index contributed by atoms with van der Waals surface area (Å²) in [6.07, 6.45) is 2.22. The molecule has 0 atom stereocenters. The zero-order valence-electron chi connectivity index (χ0n) is 27.0. The number of thiophene rings is 1. The van der Waals surface area contributed by atoms with Crippen LogP contribution in [-0.4, -0.2) is 15.9 Å². The Morgan fingerprint density at radius 3 is 2.11 bits per heavy atom. The molecule has 3 nitrogen and oxygen atoms in total. The maximum atomic E-state index is 13.0. The van der Waals surface area contributed by atoms with Crippen LogP contribution in [0, 0.1) is 17.9 Å². The topological polar surface area (TPSA) is 50.2 Å². The number of fused-ring (bicyclic) bond motifs is 1. The van der Waals surface area contributed by atoms with Crippen LogP contribution < -0.4 is 0 Å². The number of aliphatic hydroxyl groups is 1. The van der Waals surface area contributed by atoms with E-state index in [1.165, 1.54) is 17.7 Å². The molecule has 0 aliphatic heterocycles. The molecule has 245 valence electrons. The van der Waals surface area contributed by atoms with Gasteiger partial charge in [-0.3, -0.25) is 9.78 Å². The van der Waals surface area contributed by atoms with E-state index < -0.39 is 11.1 Å². The number of rotatable bonds is 9. The number of halogens is 3. The van der Waals surface area contributed by atoms with Crippen LogP contribution in [0.3, 0.4) is 0 Å². The molecule has 8 heteroatoms. The van der Waals surface area contributed by atoms with E-state index >= 15 is 0 Å². The number of aliphatic hydroxyl groups excluding tert-OH is 1. The Labute approximate surface area is 283 Å². The maximum Gasteiger partial charge on any atom is 0.425 e. The van der Waals surface area contributed by atoms with Gasteiger partial charge in [-0.25, -0.2) is 0 Å². The van der Waals surface area contributed by atoms with Gasteiger partial charge in [0.15, 0.2) is 5.78 Å². The minimum Gasteiger partial charge on any atom is -0.512 e. The summed E-state index contributed by atoms with van der Waals surface area (Å²) < 4.78 is 38.9. The van der Waals surface area contributed by atoms with E-state index in [0.29, 0.717) is 10.6 Å². The van der Waals surface area contributed by atoms with Gasteiger partial charge in [0.1, 0.15) is 4.88 Å². The van der Waals surface area contributed by atoms with Crippen LogP contribution in [-0.2, 0) is 36.5 Å². The summed E-state index contributed by atoms with van der Waals surface area (Å²) in [4.78, 5) is 16.2. The molecule has 0 spiro atoms. The molecular formula is C37H43F3IrNO2S-. The molecule has 0 fully saturated rings. The third kappa shape index (κ3) is 10.1. The van der Waals surface area contributed by atoms with Crippen LogP contribution in [0.2, 0.25) is 0 Å². The molecule has 45 heavy (non-hydrogen) atoms. The van der Waals surface area contributed by atoms with Crippen LogP contribution >= 0.6 is 11.3 Å². The van der Waals surface area contributed by atoms with Crippen molar-refractivity contribution in [3.63, 3.8) is 0 Å². The Bertz CT molecular complexity index is 1580. The van der Waals surface area contributed by atoms with E-state index in [1.807, 2.05) is 52.0 Å². The van der Waals surface area contributed by atoms with Crippen molar-refractivity contribution in [3.8, 4) is 21.7 Å². The van der Waals surface area contributed by atoms with Crippen molar-refractivity contribution in [2.75, 3.05) is 0 Å². The van der Waals surface area contributed by atoms with E-state index in [4.69, 9.17) is 0 Å². The first kappa shape index (κ1) is 38.4. The first-order valence-corrected chi connectivity index (χ1v) is 16.1. The standard InChI is InChI=1S/C24H19F3NS.C13H24O2.Ir/c1-23(2,3)19-13-17(12-15-6-4-5-7-18(15)19)20-14-16(10-11-28-20)21-8-9-22(29-21)24(25,26)27;1-5-10(6-2)12(14)9-13(15)11(7-3)8-4;/h4-11,13-14H,1-3H3;9-11,14H,5-8H2,1-4H3;/q-1;;/b;12-9-;. The quantitative estimate of drug-likeness (QED) is 0.104. The summed E-state index contributed by atoms with van der Waals surface area (Å²) in [6, 6.07) is 19.8. The number of alkyl halides is 3. The van der Waals surface area contributed by atoms with Crippen molar-refractivity contribution >= 4 is 27.9 Å². The van der Waals surface area contributed by atoms with Crippen molar-refractivity contribution in [2.24, 2.45) is 11.8 Å². The fourth-order valence-corrected chi connectivity index (χ4v) is 6.01. The van der Waals surface area contributed by atoms with Gasteiger partial charge in [-0.05, 0) is 54.9 Å². The first-order valence-electron chi connectivity index (χ1n) is 15.3. The molecule has 0 bridgehead atoms. The third-order valence-corrected chi connectivity index (χ3v) is 9.05. The summed E-state index contributed by atoms with van der Waals surface area (Å²) in [7, 11) is 0. The Kier molecular flexibility index (Phi) is 14.2. The van der Waals surface area contributed by atoms with Crippen molar-refractivity contribution in [3.05, 3.63) is 89.1 Å². The number of aromatic nitrogens is 1. The van der Waals surface area contributed by atoms with Crippen molar-refractivity contribution in [1.29, 1.82) is 0 Å². The maximum absolute atomic E-state index is 13.0. The molecule has 1 radical (unpaired) electrons. The molecule has 0 amide bonds. The minimum atomic E-state index is -4.33. The van der Waals surface area contributed by atoms with Gasteiger partial charge in [0.25, 0.3) is 0 Å². The SMILES string of the molecule is CC(C)(C)c1cc(-c2cc(-c3ccc(C(F)(F)F)s3)ccn2)[c-]c2ccccc12.CCC(CC)C(=O)/C=C(\O)C(CC)CC.[Ir]. The molecule has 4 rings (SSSR count). The Morgan fingerprint density at radius 1 is 0.933 bits per heavy atom. The Hall–Kier alpha value is -2.80. The van der Waals surface area contributed by atoms with Crippen molar-refractivity contribution in [1.82, 2.24) is 4.98 Å². The number of pyridine rings is 1. The number of carbonyl (C=O) groups excluding carboxylic acids is 1. The molecule has 0 aliphatic rings. The second-order valence-electron chi connectivity index (χ2n) is 12.0. The molecule has 1 N–H and O–H groups in total. The predicted molar refractivity (Wildman–Crippen MR) is 177 cm³/mol. The summed E-state index contributed by atoms with van der Waals surface area (Å²) in [5.41, 5.74) is 3.36. The second kappa shape index (κ2) is 16.7. The first-order chi connectivity index (χ1) is 20.7. The van der Waals surface area contributed by atoms with Gasteiger partial charge in [0, 0.05) is 54.8 Å². The van der Waals surface area contributed by atoms with Gasteiger partial charge in [-0.15, -0.1) is 40.5 Å². The Balaban J connectivity index is 0.000000378. The normalized spacial score (nSPS) is 12.2. The summed E-state index contributed by atoms with van der Waals surface area (Å²) in [5, 5.41) is 11.9. The monoisotopic (exact) mass is 815 g/mol. The van der Waals surface area contributed by atoms with Crippen LogP contribution in [0.25, 0.3) is 32.5 Å². The molecule has 4 aromatic rings. The van der Waals surface area contributed by atoms with Gasteiger partial charge in [0.05, 0.1) is 5.76 Å².